The molecule has 0 aromatic carbocycles. The summed E-state index contributed by atoms with van der Waals surface area (Å²) in [4.78, 5) is 50.6. The lowest BCUT2D eigenvalue weighted by Crippen LogP contribution is -2.47. The van der Waals surface area contributed by atoms with Crippen LogP contribution >= 0.6 is 0 Å². The first kappa shape index (κ1) is 27.0. The van der Waals surface area contributed by atoms with E-state index in [0.717, 1.165) is 0 Å². The van der Waals surface area contributed by atoms with E-state index in [4.69, 9.17) is 15.7 Å². The Hall–Kier alpha value is -2.03. The fourth-order valence-corrected chi connectivity index (χ4v) is 2.43. The number of amides is 4. The fraction of sp³-hybridized carbons (Fsp3) is 0.778. The number of nitrogens with zero attached hydrogens (tertiary/aromatic N) is 2. The minimum Gasteiger partial charge on any atom is -0.353 e. The highest BCUT2D eigenvalue weighted by Gasteiger charge is 2.18. The van der Waals surface area contributed by atoms with Crippen LogP contribution in [-0.4, -0.2) is 100 Å². The van der Waals surface area contributed by atoms with Gasteiger partial charge in [0, 0.05) is 38.3 Å². The van der Waals surface area contributed by atoms with Gasteiger partial charge in [-0.3, -0.25) is 19.2 Å². The largest absolute Gasteiger partial charge is 0.353 e. The average Bonchev–Trinajstić information content (AvgIpc) is 2.64. The molecule has 0 saturated heterocycles. The lowest BCUT2D eigenvalue weighted by atomic mass is 10.0. The Bertz CT molecular complexity index is 546. The van der Waals surface area contributed by atoms with Gasteiger partial charge in [0.2, 0.25) is 23.6 Å². The van der Waals surface area contributed by atoms with Gasteiger partial charge in [-0.05, 0) is 26.5 Å². The van der Waals surface area contributed by atoms with E-state index in [2.05, 4.69) is 16.0 Å². The van der Waals surface area contributed by atoms with Crippen molar-refractivity contribution < 1.29 is 19.2 Å². The second-order valence-corrected chi connectivity index (χ2v) is 7.22. The topological polar surface area (TPSA) is 111 Å². The van der Waals surface area contributed by atoms with Gasteiger partial charge in [-0.2, -0.15) is 0 Å². The lowest BCUT2D eigenvalue weighted by Gasteiger charge is -2.24. The summed E-state index contributed by atoms with van der Waals surface area (Å²) in [6.07, 6.45) is -0.413. The number of carbonyl (C=O) groups is 4. The van der Waals surface area contributed by atoms with Gasteiger partial charge in [-0.25, -0.2) is 0 Å². The van der Waals surface area contributed by atoms with Crippen LogP contribution in [0.15, 0.2) is 0 Å². The van der Waals surface area contributed by atoms with Crippen LogP contribution in [0.1, 0.15) is 27.7 Å². The fourth-order valence-electron chi connectivity index (χ4n) is 2.43. The molecule has 0 bridgehead atoms. The third-order valence-corrected chi connectivity index (χ3v) is 3.81. The van der Waals surface area contributed by atoms with E-state index in [1.165, 1.54) is 9.80 Å². The third-order valence-electron chi connectivity index (χ3n) is 3.81. The maximum absolute atomic E-state index is 12.2. The summed E-state index contributed by atoms with van der Waals surface area (Å²) in [6, 6.07) is 0.214. The Morgan fingerprint density at radius 1 is 0.759 bits per heavy atom. The van der Waals surface area contributed by atoms with Crippen molar-refractivity contribution >= 4 is 39.3 Å². The van der Waals surface area contributed by atoms with Gasteiger partial charge < -0.3 is 25.8 Å². The van der Waals surface area contributed by atoms with Crippen molar-refractivity contribution in [1.29, 1.82) is 0 Å². The van der Waals surface area contributed by atoms with E-state index >= 15 is 0 Å². The van der Waals surface area contributed by atoms with Gasteiger partial charge in [0.05, 0.1) is 28.8 Å². The normalized spacial score (nSPS) is 10.7. The lowest BCUT2D eigenvalue weighted by molar-refractivity contribution is -0.135. The monoisotopic (exact) mass is 405 g/mol. The second kappa shape index (κ2) is 14.9. The van der Waals surface area contributed by atoms with E-state index in [-0.39, 0.29) is 68.6 Å². The summed E-state index contributed by atoms with van der Waals surface area (Å²) in [7, 11) is 10.8. The van der Waals surface area contributed by atoms with Crippen LogP contribution < -0.4 is 16.0 Å². The molecular weight excluding hydrogens is 372 g/mol. The van der Waals surface area contributed by atoms with Crippen molar-refractivity contribution in [2.75, 3.05) is 39.3 Å². The molecule has 0 aromatic rings. The van der Waals surface area contributed by atoms with Gasteiger partial charge in [-0.15, -0.1) is 0 Å². The van der Waals surface area contributed by atoms with Crippen molar-refractivity contribution in [3.8, 4) is 0 Å². The molecule has 11 heteroatoms. The van der Waals surface area contributed by atoms with Crippen LogP contribution in [0.25, 0.3) is 0 Å². The first-order chi connectivity index (χ1) is 13.6. The molecule has 0 aliphatic heterocycles. The van der Waals surface area contributed by atoms with Crippen LogP contribution in [0.2, 0.25) is 12.6 Å². The second-order valence-electron chi connectivity index (χ2n) is 7.22. The Kier molecular flexibility index (Phi) is 13.9. The number of hydrogen-bond acceptors (Lipinski definition) is 5. The average molecular weight is 405 g/mol. The van der Waals surface area contributed by atoms with Gasteiger partial charge in [0.25, 0.3) is 0 Å². The Morgan fingerprint density at radius 3 is 1.69 bits per heavy atom. The number of carbonyl (C=O) groups excluding carboxylic acids is 4. The zero-order valence-electron chi connectivity index (χ0n) is 18.0. The molecule has 0 aromatic heterocycles. The summed E-state index contributed by atoms with van der Waals surface area (Å²) in [5.74, 6) is -1.39. The third kappa shape index (κ3) is 12.9. The molecule has 0 rings (SSSR count). The standard InChI is InChI=1S/C18H33B2N5O4/c1-13(2)21-5-7-24(17(28)9-19)11-15(26)22-6-8-25(18(29)10-20)12-16(27)23-14(3)4/h13-14,21H,5-12H2,1-4H3,(H,22,26)(H,23,27). The zero-order chi connectivity index (χ0) is 22.4. The molecule has 9 nitrogen and oxygen atoms in total. The summed E-state index contributed by atoms with van der Waals surface area (Å²) >= 11 is 0. The molecule has 29 heavy (non-hydrogen) atoms. The van der Waals surface area contributed by atoms with Gasteiger partial charge in [0.15, 0.2) is 0 Å². The van der Waals surface area contributed by atoms with Crippen LogP contribution in [0.5, 0.6) is 0 Å². The van der Waals surface area contributed by atoms with Crippen LogP contribution in [-0.2, 0) is 19.2 Å². The molecule has 0 fully saturated rings. The SMILES string of the molecule is [B]CC(=O)N(CCNC(C)C)CC(=O)NCCN(CC(=O)NC(C)C)C(=O)C[B]. The maximum atomic E-state index is 12.2. The molecule has 0 spiro atoms. The Balaban J connectivity index is 4.58. The predicted molar refractivity (Wildman–Crippen MR) is 114 cm³/mol. The van der Waals surface area contributed by atoms with Gasteiger partial charge >= 0.3 is 0 Å². The zero-order valence-corrected chi connectivity index (χ0v) is 18.0. The Morgan fingerprint density at radius 2 is 1.24 bits per heavy atom. The number of rotatable bonds is 14. The molecule has 3 N–H and O–H groups in total. The highest BCUT2D eigenvalue weighted by Crippen LogP contribution is 1.95. The van der Waals surface area contributed by atoms with Crippen molar-refractivity contribution in [2.45, 2.75) is 52.4 Å². The summed E-state index contributed by atoms with van der Waals surface area (Å²) in [5, 5.41) is 8.53. The summed E-state index contributed by atoms with van der Waals surface area (Å²) in [5.41, 5.74) is 0. The van der Waals surface area contributed by atoms with E-state index < -0.39 is 5.91 Å². The number of hydrogen-bond donors (Lipinski definition) is 3. The smallest absolute Gasteiger partial charge is 0.239 e. The van der Waals surface area contributed by atoms with Crippen molar-refractivity contribution in [1.82, 2.24) is 25.8 Å². The van der Waals surface area contributed by atoms with Gasteiger partial charge in [-0.1, -0.05) is 13.8 Å². The molecule has 4 amide bonds. The van der Waals surface area contributed by atoms with Crippen LogP contribution in [0.3, 0.4) is 0 Å². The van der Waals surface area contributed by atoms with Crippen molar-refractivity contribution in [3.63, 3.8) is 0 Å². The molecule has 0 unspecified atom stereocenters. The molecule has 160 valence electrons. The minimum absolute atomic E-state index is 0.0479. The van der Waals surface area contributed by atoms with Crippen molar-refractivity contribution in [2.24, 2.45) is 0 Å². The molecular formula is C18H33B2N5O4. The quantitative estimate of drug-likeness (QED) is 0.304. The summed E-state index contributed by atoms with van der Waals surface area (Å²) < 4.78 is 0. The highest BCUT2D eigenvalue weighted by molar-refractivity contribution is 6.20. The van der Waals surface area contributed by atoms with E-state index in [1.54, 1.807) is 0 Å². The van der Waals surface area contributed by atoms with Crippen LogP contribution in [0.4, 0.5) is 0 Å². The molecule has 0 aliphatic carbocycles. The molecule has 0 atom stereocenters. The van der Waals surface area contributed by atoms with Crippen LogP contribution in [0, 0.1) is 0 Å². The molecule has 0 heterocycles. The first-order valence-electron chi connectivity index (χ1n) is 9.85. The van der Waals surface area contributed by atoms with Gasteiger partial charge in [0.1, 0.15) is 0 Å². The Labute approximate surface area is 176 Å². The van der Waals surface area contributed by atoms with E-state index in [1.807, 2.05) is 27.7 Å². The van der Waals surface area contributed by atoms with E-state index in [0.29, 0.717) is 13.1 Å². The van der Waals surface area contributed by atoms with Crippen molar-refractivity contribution in [3.05, 3.63) is 0 Å². The predicted octanol–water partition coefficient (Wildman–Crippen LogP) is -1.54. The summed E-state index contributed by atoms with van der Waals surface area (Å²) in [6.45, 7) is 8.50. The first-order valence-corrected chi connectivity index (χ1v) is 9.85. The maximum Gasteiger partial charge on any atom is 0.239 e. The van der Waals surface area contributed by atoms with E-state index in [9.17, 15) is 19.2 Å². The molecule has 0 saturated carbocycles. The molecule has 4 radical (unpaired) electrons. The highest BCUT2D eigenvalue weighted by atomic mass is 16.2. The molecule has 0 aliphatic rings. The number of nitrogens with one attached hydrogen (secondary N) is 3. The minimum atomic E-state index is -0.391.